The molecule has 174 valence electrons. The fraction of sp³-hybridized carbons (Fsp3) is 0.600. The molecule has 2 saturated heterocycles. The molecule has 0 amide bonds. The van der Waals surface area contributed by atoms with Crippen LogP contribution in [0.25, 0.3) is 0 Å². The smallest absolute Gasteiger partial charge is 0.184 e. The summed E-state index contributed by atoms with van der Waals surface area (Å²) in [4.78, 5) is 17.7. The van der Waals surface area contributed by atoms with E-state index in [2.05, 4.69) is 6.92 Å². The SMILES string of the molecule is CSC1OC2COC(c3ccccc3)O[C@@H]2[C@H](C)[C@H]1N=C(C)C1=C(O)CC(C)(C)CC1=O. The highest BCUT2D eigenvalue weighted by molar-refractivity contribution is 7.99. The number of Topliss-reactive ketones (excluding diaryl/α,β-unsaturated/α-hetero) is 1. The van der Waals surface area contributed by atoms with Gasteiger partial charge in [-0.2, -0.15) is 0 Å². The highest BCUT2D eigenvalue weighted by Crippen LogP contribution is 2.41. The summed E-state index contributed by atoms with van der Waals surface area (Å²) in [5, 5.41) is 10.6. The van der Waals surface area contributed by atoms with Crippen LogP contribution in [0.5, 0.6) is 0 Å². The zero-order chi connectivity index (χ0) is 23.0. The van der Waals surface area contributed by atoms with Gasteiger partial charge >= 0.3 is 0 Å². The molecule has 1 N–H and O–H groups in total. The molecule has 7 heteroatoms. The lowest BCUT2D eigenvalue weighted by Crippen LogP contribution is -2.56. The van der Waals surface area contributed by atoms with Crippen LogP contribution in [0.4, 0.5) is 0 Å². The standard InChI is InChI=1S/C25H33NO5S/c1-14-21(26-15(2)20-17(27)11-25(3,4)12-18(20)28)24(32-5)30-19-13-29-23(31-22(14)19)16-9-7-6-8-10-16/h6-10,14,19,21-24,27H,11-13H2,1-5H3/t14-,19?,21-,22-,23?,24?/m1/s1. The van der Waals surface area contributed by atoms with Gasteiger partial charge in [0.25, 0.3) is 0 Å². The predicted octanol–water partition coefficient (Wildman–Crippen LogP) is 4.86. The van der Waals surface area contributed by atoms with Gasteiger partial charge in [0.15, 0.2) is 12.1 Å². The molecule has 0 bridgehead atoms. The summed E-state index contributed by atoms with van der Waals surface area (Å²) < 4.78 is 18.6. The van der Waals surface area contributed by atoms with Gasteiger partial charge in [-0.1, -0.05) is 51.1 Å². The number of benzene rings is 1. The number of rotatable bonds is 4. The minimum Gasteiger partial charge on any atom is -0.511 e. The zero-order valence-corrected chi connectivity index (χ0v) is 20.2. The van der Waals surface area contributed by atoms with Crippen LogP contribution in [0.15, 0.2) is 46.7 Å². The van der Waals surface area contributed by atoms with Crippen LogP contribution in [0.2, 0.25) is 0 Å². The summed E-state index contributed by atoms with van der Waals surface area (Å²) in [6.07, 6.45) is 2.10. The molecule has 0 radical (unpaired) electrons. The van der Waals surface area contributed by atoms with E-state index in [0.29, 0.717) is 30.7 Å². The number of carbonyl (C=O) groups excluding carboxylic acids is 1. The first-order valence-electron chi connectivity index (χ1n) is 11.2. The van der Waals surface area contributed by atoms with Crippen molar-refractivity contribution in [3.8, 4) is 0 Å². The van der Waals surface area contributed by atoms with E-state index < -0.39 is 6.29 Å². The topological polar surface area (TPSA) is 77.3 Å². The molecule has 2 aliphatic heterocycles. The molecule has 2 heterocycles. The second kappa shape index (κ2) is 9.29. The Morgan fingerprint density at radius 3 is 2.56 bits per heavy atom. The number of hydrogen-bond donors (Lipinski definition) is 1. The zero-order valence-electron chi connectivity index (χ0n) is 19.4. The minimum atomic E-state index is -0.436. The molecular weight excluding hydrogens is 426 g/mol. The molecule has 32 heavy (non-hydrogen) atoms. The summed E-state index contributed by atoms with van der Waals surface area (Å²) in [6.45, 7) is 8.39. The van der Waals surface area contributed by atoms with Gasteiger partial charge in [0, 0.05) is 30.0 Å². The van der Waals surface area contributed by atoms with Crippen molar-refractivity contribution in [2.75, 3.05) is 12.9 Å². The van der Waals surface area contributed by atoms with E-state index in [-0.39, 0.29) is 46.6 Å². The molecule has 6 nitrogen and oxygen atoms in total. The van der Waals surface area contributed by atoms with Crippen molar-refractivity contribution in [3.05, 3.63) is 47.2 Å². The molecule has 0 spiro atoms. The van der Waals surface area contributed by atoms with Crippen LogP contribution < -0.4 is 0 Å². The van der Waals surface area contributed by atoms with E-state index >= 15 is 0 Å². The molecule has 1 aliphatic carbocycles. The average Bonchev–Trinajstić information content (AvgIpc) is 2.74. The summed E-state index contributed by atoms with van der Waals surface area (Å²) in [7, 11) is 0. The summed E-state index contributed by atoms with van der Waals surface area (Å²) >= 11 is 1.60. The van der Waals surface area contributed by atoms with Gasteiger partial charge < -0.3 is 19.3 Å². The van der Waals surface area contributed by atoms with Gasteiger partial charge in [0.05, 0.1) is 24.3 Å². The molecule has 0 aromatic heterocycles. The normalized spacial score (nSPS) is 35.5. The van der Waals surface area contributed by atoms with Crippen molar-refractivity contribution in [3.63, 3.8) is 0 Å². The van der Waals surface area contributed by atoms with Crippen LogP contribution >= 0.6 is 11.8 Å². The number of fused-ring (bicyclic) bond motifs is 1. The molecule has 1 aromatic carbocycles. The molecule has 1 aromatic rings. The number of hydrogen-bond acceptors (Lipinski definition) is 7. The number of nitrogens with zero attached hydrogens (tertiary/aromatic N) is 1. The molecular formula is C25H33NO5S. The van der Waals surface area contributed by atoms with Crippen molar-refractivity contribution in [2.24, 2.45) is 16.3 Å². The fourth-order valence-electron chi connectivity index (χ4n) is 4.97. The number of ketones is 1. The number of aliphatic imine (C=N–C) groups is 1. The van der Waals surface area contributed by atoms with Crippen molar-refractivity contribution in [2.45, 2.75) is 70.5 Å². The highest BCUT2D eigenvalue weighted by atomic mass is 32.2. The number of aliphatic hydroxyl groups excluding tert-OH is 1. The van der Waals surface area contributed by atoms with E-state index in [1.807, 2.05) is 57.4 Å². The number of aliphatic hydroxyl groups is 1. The minimum absolute atomic E-state index is 0.0468. The third-order valence-electron chi connectivity index (χ3n) is 6.56. The third-order valence-corrected chi connectivity index (χ3v) is 7.42. The maximum absolute atomic E-state index is 12.8. The number of allylic oxidation sites excluding steroid dienone is 2. The maximum Gasteiger partial charge on any atom is 0.184 e. The Morgan fingerprint density at radius 1 is 1.19 bits per heavy atom. The van der Waals surface area contributed by atoms with Crippen LogP contribution in [0.1, 0.15) is 52.4 Å². The highest BCUT2D eigenvalue weighted by Gasteiger charge is 2.48. The van der Waals surface area contributed by atoms with Gasteiger partial charge in [-0.05, 0) is 18.6 Å². The molecule has 3 aliphatic rings. The van der Waals surface area contributed by atoms with E-state index in [1.54, 1.807) is 11.8 Å². The average molecular weight is 460 g/mol. The lowest BCUT2D eigenvalue weighted by Gasteiger charge is -2.47. The molecule has 0 saturated carbocycles. The Kier molecular flexibility index (Phi) is 6.82. The van der Waals surface area contributed by atoms with Gasteiger partial charge in [0.1, 0.15) is 17.3 Å². The predicted molar refractivity (Wildman–Crippen MR) is 126 cm³/mol. The quantitative estimate of drug-likeness (QED) is 0.648. The number of thioether (sulfide) groups is 1. The van der Waals surface area contributed by atoms with Crippen LogP contribution in [0, 0.1) is 11.3 Å². The van der Waals surface area contributed by atoms with E-state index in [4.69, 9.17) is 19.2 Å². The van der Waals surface area contributed by atoms with E-state index in [1.165, 1.54) is 0 Å². The van der Waals surface area contributed by atoms with E-state index in [0.717, 1.165) is 5.56 Å². The molecule has 4 rings (SSSR count). The lowest BCUT2D eigenvalue weighted by molar-refractivity contribution is -0.295. The Morgan fingerprint density at radius 2 is 1.91 bits per heavy atom. The summed E-state index contributed by atoms with van der Waals surface area (Å²) in [5.41, 5.74) is 1.51. The van der Waals surface area contributed by atoms with Gasteiger partial charge in [-0.3, -0.25) is 9.79 Å². The van der Waals surface area contributed by atoms with Crippen molar-refractivity contribution in [1.29, 1.82) is 0 Å². The maximum atomic E-state index is 12.8. The summed E-state index contributed by atoms with van der Waals surface area (Å²) in [6, 6.07) is 9.69. The van der Waals surface area contributed by atoms with Crippen molar-refractivity contribution < 1.29 is 24.1 Å². The Labute approximate surface area is 194 Å². The molecule has 3 unspecified atom stereocenters. The summed E-state index contributed by atoms with van der Waals surface area (Å²) in [5.74, 6) is 0.144. The van der Waals surface area contributed by atoms with Crippen molar-refractivity contribution in [1.82, 2.24) is 0 Å². The molecule has 6 atom stereocenters. The second-order valence-electron chi connectivity index (χ2n) is 9.78. The number of carbonyl (C=O) groups is 1. The van der Waals surface area contributed by atoms with Gasteiger partial charge in [0.2, 0.25) is 0 Å². The number of ether oxygens (including phenoxy) is 3. The Hall–Kier alpha value is -1.67. The molecule has 2 fully saturated rings. The van der Waals surface area contributed by atoms with E-state index in [9.17, 15) is 9.90 Å². The van der Waals surface area contributed by atoms with Gasteiger partial charge in [-0.25, -0.2) is 0 Å². The first-order valence-corrected chi connectivity index (χ1v) is 12.5. The Balaban J connectivity index is 1.58. The second-order valence-corrected chi connectivity index (χ2v) is 10.7. The Bertz CT molecular complexity index is 912. The van der Waals surface area contributed by atoms with Crippen molar-refractivity contribution >= 4 is 23.3 Å². The van der Waals surface area contributed by atoms with Gasteiger partial charge in [-0.15, -0.1) is 11.8 Å². The lowest BCUT2D eigenvalue weighted by atomic mass is 9.75. The van der Waals surface area contributed by atoms with Crippen LogP contribution in [-0.2, 0) is 19.0 Å². The van der Waals surface area contributed by atoms with Crippen LogP contribution in [-0.4, -0.2) is 53.1 Å². The monoisotopic (exact) mass is 459 g/mol. The first kappa shape index (κ1) is 23.5. The first-order chi connectivity index (χ1) is 15.2. The largest absolute Gasteiger partial charge is 0.511 e. The third kappa shape index (κ3) is 4.67. The fourth-order valence-corrected chi connectivity index (χ4v) is 5.81. The van der Waals surface area contributed by atoms with Crippen LogP contribution in [0.3, 0.4) is 0 Å².